The van der Waals surface area contributed by atoms with E-state index < -0.39 is 12.0 Å². The van der Waals surface area contributed by atoms with Crippen molar-refractivity contribution in [2.45, 2.75) is 12.5 Å². The van der Waals surface area contributed by atoms with Crippen LogP contribution in [0.5, 0.6) is 5.75 Å². The van der Waals surface area contributed by atoms with Gasteiger partial charge in [-0.1, -0.05) is 17.7 Å². The maximum atomic E-state index is 10.7. The molecular weight excluding hydrogens is 246 g/mol. The molecule has 0 fully saturated rings. The molecule has 0 aliphatic heterocycles. The lowest BCUT2D eigenvalue weighted by molar-refractivity contribution is -0.137. The molecule has 5 nitrogen and oxygen atoms in total. The number of hydrogen-bond acceptors (Lipinski definition) is 3. The molecule has 1 aromatic rings. The molecule has 0 heterocycles. The minimum absolute atomic E-state index is 0.207. The van der Waals surface area contributed by atoms with Gasteiger partial charge in [0.15, 0.2) is 0 Å². The Labute approximate surface area is 103 Å². The number of ether oxygens (including phenoxy) is 1. The highest BCUT2D eigenvalue weighted by molar-refractivity contribution is 6.32. The van der Waals surface area contributed by atoms with Crippen molar-refractivity contribution in [3.8, 4) is 5.75 Å². The van der Waals surface area contributed by atoms with Gasteiger partial charge in [-0.3, -0.25) is 9.59 Å². The first kappa shape index (κ1) is 13.3. The van der Waals surface area contributed by atoms with Gasteiger partial charge in [0.25, 0.3) is 0 Å². The molecular formula is C11H12ClNO4. The third-order valence-electron chi connectivity index (χ3n) is 2.23. The van der Waals surface area contributed by atoms with Crippen LogP contribution in [0.1, 0.15) is 18.0 Å². The number of carboxylic acids is 1. The van der Waals surface area contributed by atoms with Crippen LogP contribution in [0.2, 0.25) is 5.02 Å². The first-order valence-corrected chi connectivity index (χ1v) is 5.21. The maximum absolute atomic E-state index is 10.7. The number of nitrogens with one attached hydrogen (secondary N) is 1. The van der Waals surface area contributed by atoms with E-state index in [-0.39, 0.29) is 6.42 Å². The Morgan fingerprint density at radius 1 is 1.65 bits per heavy atom. The highest BCUT2D eigenvalue weighted by atomic mass is 35.5. The van der Waals surface area contributed by atoms with Crippen LogP contribution < -0.4 is 10.1 Å². The zero-order valence-corrected chi connectivity index (χ0v) is 9.90. The number of carboxylic acid groups (broad SMARTS) is 1. The Morgan fingerprint density at radius 2 is 2.35 bits per heavy atom. The highest BCUT2D eigenvalue weighted by Gasteiger charge is 2.16. The van der Waals surface area contributed by atoms with Gasteiger partial charge >= 0.3 is 5.97 Å². The Kier molecular flexibility index (Phi) is 4.78. The van der Waals surface area contributed by atoms with Crippen molar-refractivity contribution in [3.63, 3.8) is 0 Å². The lowest BCUT2D eigenvalue weighted by atomic mass is 10.0. The van der Waals surface area contributed by atoms with Crippen LogP contribution in [0, 0.1) is 0 Å². The summed E-state index contributed by atoms with van der Waals surface area (Å²) in [7, 11) is 1.49. The number of methoxy groups -OCH3 is 1. The molecule has 2 N–H and O–H groups in total. The van der Waals surface area contributed by atoms with E-state index in [2.05, 4.69) is 5.32 Å². The molecule has 0 aliphatic rings. The van der Waals surface area contributed by atoms with Crippen LogP contribution in [-0.2, 0) is 9.59 Å². The standard InChI is InChI=1S/C11H12ClNO4/c1-17-10-3-2-7(4-8(10)12)9(13-6-14)5-11(15)16/h2-4,6,9H,5H2,1H3,(H,13,14)(H,15,16). The molecule has 1 aromatic carbocycles. The molecule has 1 amide bonds. The molecule has 17 heavy (non-hydrogen) atoms. The van der Waals surface area contributed by atoms with Gasteiger partial charge in [-0.15, -0.1) is 0 Å². The summed E-state index contributed by atoms with van der Waals surface area (Å²) in [6.45, 7) is 0. The third-order valence-corrected chi connectivity index (χ3v) is 2.52. The minimum Gasteiger partial charge on any atom is -0.495 e. The molecule has 0 bridgehead atoms. The monoisotopic (exact) mass is 257 g/mol. The molecule has 0 saturated carbocycles. The fourth-order valence-electron chi connectivity index (χ4n) is 1.43. The summed E-state index contributed by atoms with van der Waals surface area (Å²) < 4.78 is 4.98. The summed E-state index contributed by atoms with van der Waals surface area (Å²) in [6.07, 6.45) is 0.257. The van der Waals surface area contributed by atoms with Crippen LogP contribution in [0.25, 0.3) is 0 Å². The molecule has 1 atom stereocenters. The van der Waals surface area contributed by atoms with Gasteiger partial charge in [0.1, 0.15) is 5.75 Å². The van der Waals surface area contributed by atoms with Gasteiger partial charge in [0.05, 0.1) is 24.6 Å². The van der Waals surface area contributed by atoms with Gasteiger partial charge in [-0.25, -0.2) is 0 Å². The minimum atomic E-state index is -1.00. The number of amides is 1. The topological polar surface area (TPSA) is 75.6 Å². The van der Waals surface area contributed by atoms with Gasteiger partial charge in [0, 0.05) is 0 Å². The predicted molar refractivity (Wildman–Crippen MR) is 62.2 cm³/mol. The van der Waals surface area contributed by atoms with E-state index in [4.69, 9.17) is 21.4 Å². The van der Waals surface area contributed by atoms with Gasteiger partial charge < -0.3 is 15.2 Å². The van der Waals surface area contributed by atoms with Crippen molar-refractivity contribution in [1.82, 2.24) is 5.32 Å². The normalized spacial score (nSPS) is 11.6. The predicted octanol–water partition coefficient (Wildman–Crippen LogP) is 1.61. The van der Waals surface area contributed by atoms with Crippen LogP contribution in [0.3, 0.4) is 0 Å². The summed E-state index contributed by atoms with van der Waals surface area (Å²) in [4.78, 5) is 21.1. The SMILES string of the molecule is COc1ccc(C(CC(=O)O)NC=O)cc1Cl. The summed E-state index contributed by atoms with van der Waals surface area (Å²) in [5.41, 5.74) is 0.616. The number of carbonyl (C=O) groups excluding carboxylic acids is 1. The molecule has 0 saturated heterocycles. The van der Waals surface area contributed by atoms with E-state index in [9.17, 15) is 9.59 Å². The number of carbonyl (C=O) groups is 2. The molecule has 0 radical (unpaired) electrons. The van der Waals surface area contributed by atoms with E-state index in [1.54, 1.807) is 18.2 Å². The second kappa shape index (κ2) is 6.10. The van der Waals surface area contributed by atoms with Crippen molar-refractivity contribution in [2.24, 2.45) is 0 Å². The fraction of sp³-hybridized carbons (Fsp3) is 0.273. The second-order valence-corrected chi connectivity index (χ2v) is 3.74. The highest BCUT2D eigenvalue weighted by Crippen LogP contribution is 2.28. The molecule has 0 aromatic heterocycles. The van der Waals surface area contributed by atoms with E-state index in [1.165, 1.54) is 7.11 Å². The summed E-state index contributed by atoms with van der Waals surface area (Å²) in [5, 5.41) is 11.5. The number of rotatable bonds is 6. The molecule has 92 valence electrons. The molecule has 6 heteroatoms. The number of hydrogen-bond donors (Lipinski definition) is 2. The number of aliphatic carboxylic acids is 1. The van der Waals surface area contributed by atoms with Crippen molar-refractivity contribution >= 4 is 24.0 Å². The first-order chi connectivity index (χ1) is 8.08. The van der Waals surface area contributed by atoms with Crippen LogP contribution in [0.4, 0.5) is 0 Å². The smallest absolute Gasteiger partial charge is 0.305 e. The molecule has 1 unspecified atom stereocenters. The van der Waals surface area contributed by atoms with E-state index in [0.29, 0.717) is 22.7 Å². The molecule has 1 rings (SSSR count). The quantitative estimate of drug-likeness (QED) is 0.759. The zero-order chi connectivity index (χ0) is 12.8. The van der Waals surface area contributed by atoms with E-state index in [1.807, 2.05) is 0 Å². The van der Waals surface area contributed by atoms with E-state index >= 15 is 0 Å². The van der Waals surface area contributed by atoms with Gasteiger partial charge in [-0.05, 0) is 17.7 Å². The summed E-state index contributed by atoms with van der Waals surface area (Å²) in [5.74, 6) is -0.508. The fourth-order valence-corrected chi connectivity index (χ4v) is 1.70. The van der Waals surface area contributed by atoms with Crippen LogP contribution in [0.15, 0.2) is 18.2 Å². The van der Waals surface area contributed by atoms with Crippen LogP contribution in [-0.4, -0.2) is 24.6 Å². The maximum Gasteiger partial charge on any atom is 0.305 e. The number of halogens is 1. The second-order valence-electron chi connectivity index (χ2n) is 3.33. The van der Waals surface area contributed by atoms with Crippen molar-refractivity contribution in [2.75, 3.05) is 7.11 Å². The van der Waals surface area contributed by atoms with Crippen molar-refractivity contribution in [3.05, 3.63) is 28.8 Å². The number of benzene rings is 1. The van der Waals surface area contributed by atoms with Crippen molar-refractivity contribution in [1.29, 1.82) is 0 Å². The van der Waals surface area contributed by atoms with Crippen LogP contribution >= 0.6 is 11.6 Å². The van der Waals surface area contributed by atoms with Gasteiger partial charge in [-0.2, -0.15) is 0 Å². The molecule has 0 spiro atoms. The zero-order valence-electron chi connectivity index (χ0n) is 9.14. The lowest BCUT2D eigenvalue weighted by Crippen LogP contribution is -2.22. The molecule has 0 aliphatic carbocycles. The first-order valence-electron chi connectivity index (χ1n) is 4.83. The Balaban J connectivity index is 2.97. The summed E-state index contributed by atoms with van der Waals surface area (Å²) >= 11 is 5.92. The van der Waals surface area contributed by atoms with Crippen molar-refractivity contribution < 1.29 is 19.4 Å². The lowest BCUT2D eigenvalue weighted by Gasteiger charge is -2.15. The third kappa shape index (κ3) is 3.64. The van der Waals surface area contributed by atoms with Gasteiger partial charge in [0.2, 0.25) is 6.41 Å². The Hall–Kier alpha value is -1.75. The average Bonchev–Trinajstić information content (AvgIpc) is 2.28. The Morgan fingerprint density at radius 3 is 2.82 bits per heavy atom. The Bertz CT molecular complexity index is 422. The summed E-state index contributed by atoms with van der Waals surface area (Å²) in [6, 6.07) is 4.26. The average molecular weight is 258 g/mol. The largest absolute Gasteiger partial charge is 0.495 e. The van der Waals surface area contributed by atoms with E-state index in [0.717, 1.165) is 0 Å².